The molecular formula is C14H21FN2O4. The molecule has 1 N–H and O–H groups in total. The molecule has 1 aromatic heterocycles. The number of carbonyl (C=O) groups is 2. The average molecular weight is 300 g/mol. The van der Waals surface area contributed by atoms with Gasteiger partial charge in [-0.1, -0.05) is 19.0 Å². The Hall–Kier alpha value is -1.92. The normalized spacial score (nSPS) is 13.1. The summed E-state index contributed by atoms with van der Waals surface area (Å²) in [7, 11) is 1.25. The van der Waals surface area contributed by atoms with Crippen molar-refractivity contribution in [3.63, 3.8) is 0 Å². The van der Waals surface area contributed by atoms with Gasteiger partial charge in [-0.15, -0.1) is 0 Å². The van der Waals surface area contributed by atoms with Gasteiger partial charge in [0.15, 0.2) is 17.1 Å². The quantitative estimate of drug-likeness (QED) is 0.814. The SMILES string of the molecule is COC(=O)[C@H](CC(C)C)NC(=O)c1cc(C(C)(C)F)on1. The Bertz CT molecular complexity index is 505. The number of halogens is 1. The minimum Gasteiger partial charge on any atom is -0.467 e. The first-order chi connectivity index (χ1) is 9.65. The first-order valence-electron chi connectivity index (χ1n) is 6.70. The van der Waals surface area contributed by atoms with E-state index in [0.29, 0.717) is 6.42 Å². The van der Waals surface area contributed by atoms with Gasteiger partial charge in [-0.2, -0.15) is 0 Å². The van der Waals surface area contributed by atoms with Crippen LogP contribution in [0.4, 0.5) is 4.39 Å². The van der Waals surface area contributed by atoms with Crippen LogP contribution in [0, 0.1) is 5.92 Å². The predicted octanol–water partition coefficient (Wildman–Crippen LogP) is 2.20. The highest BCUT2D eigenvalue weighted by atomic mass is 19.1. The summed E-state index contributed by atoms with van der Waals surface area (Å²) in [6.07, 6.45) is 0.428. The monoisotopic (exact) mass is 300 g/mol. The summed E-state index contributed by atoms with van der Waals surface area (Å²) in [4.78, 5) is 23.7. The molecule has 0 unspecified atom stereocenters. The van der Waals surface area contributed by atoms with Crippen molar-refractivity contribution in [3.05, 3.63) is 17.5 Å². The molecule has 118 valence electrons. The van der Waals surface area contributed by atoms with E-state index in [1.807, 2.05) is 13.8 Å². The molecule has 0 aliphatic heterocycles. The van der Waals surface area contributed by atoms with E-state index in [4.69, 9.17) is 4.52 Å². The highest BCUT2D eigenvalue weighted by molar-refractivity contribution is 5.95. The highest BCUT2D eigenvalue weighted by Crippen LogP contribution is 2.24. The predicted molar refractivity (Wildman–Crippen MR) is 73.4 cm³/mol. The van der Waals surface area contributed by atoms with Gasteiger partial charge >= 0.3 is 5.97 Å². The van der Waals surface area contributed by atoms with Crippen molar-refractivity contribution in [2.24, 2.45) is 5.92 Å². The summed E-state index contributed by atoms with van der Waals surface area (Å²) < 4.78 is 23.1. The van der Waals surface area contributed by atoms with Crippen LogP contribution in [-0.2, 0) is 15.2 Å². The van der Waals surface area contributed by atoms with Gasteiger partial charge < -0.3 is 14.6 Å². The summed E-state index contributed by atoms with van der Waals surface area (Å²) in [5, 5.41) is 6.04. The maximum absolute atomic E-state index is 13.7. The molecule has 1 heterocycles. The van der Waals surface area contributed by atoms with Crippen molar-refractivity contribution in [2.45, 2.75) is 45.8 Å². The molecule has 0 aliphatic carbocycles. The van der Waals surface area contributed by atoms with Crippen molar-refractivity contribution in [1.29, 1.82) is 0 Å². The molecule has 7 heteroatoms. The topological polar surface area (TPSA) is 81.4 Å². The third-order valence-corrected chi connectivity index (χ3v) is 2.83. The van der Waals surface area contributed by atoms with Gasteiger partial charge in [0.25, 0.3) is 5.91 Å². The van der Waals surface area contributed by atoms with Crippen LogP contribution in [0.3, 0.4) is 0 Å². The number of amides is 1. The van der Waals surface area contributed by atoms with Crippen LogP contribution in [0.1, 0.15) is 50.4 Å². The number of methoxy groups -OCH3 is 1. The number of carbonyl (C=O) groups excluding carboxylic acids is 2. The van der Waals surface area contributed by atoms with Crippen LogP contribution in [-0.4, -0.2) is 30.2 Å². The highest BCUT2D eigenvalue weighted by Gasteiger charge is 2.28. The molecule has 0 fully saturated rings. The van der Waals surface area contributed by atoms with Crippen LogP contribution in [0.5, 0.6) is 0 Å². The van der Waals surface area contributed by atoms with Crippen LogP contribution in [0.2, 0.25) is 0 Å². The molecule has 0 saturated carbocycles. The standard InChI is InChI=1S/C14H21FN2O4/c1-8(2)6-10(13(19)20-5)16-12(18)9-7-11(21-17-9)14(3,4)15/h7-8,10H,6H2,1-5H3,(H,16,18)/t10-/m0/s1. The molecule has 1 atom stereocenters. The van der Waals surface area contributed by atoms with Gasteiger partial charge in [0.2, 0.25) is 0 Å². The molecular weight excluding hydrogens is 279 g/mol. The summed E-state index contributed by atoms with van der Waals surface area (Å²) in [5.74, 6) is -1.00. The Morgan fingerprint density at radius 3 is 2.52 bits per heavy atom. The number of nitrogens with zero attached hydrogens (tertiary/aromatic N) is 1. The van der Waals surface area contributed by atoms with E-state index in [1.54, 1.807) is 0 Å². The smallest absolute Gasteiger partial charge is 0.328 e. The van der Waals surface area contributed by atoms with Crippen molar-refractivity contribution >= 4 is 11.9 Å². The molecule has 1 rings (SSSR count). The Kier molecular flexibility index (Phi) is 5.46. The number of aromatic nitrogens is 1. The summed E-state index contributed by atoms with van der Waals surface area (Å²) >= 11 is 0. The molecule has 0 aromatic carbocycles. The third kappa shape index (κ3) is 4.84. The molecule has 0 bridgehead atoms. The lowest BCUT2D eigenvalue weighted by Crippen LogP contribution is -2.42. The number of hydrogen-bond acceptors (Lipinski definition) is 5. The largest absolute Gasteiger partial charge is 0.467 e. The van der Waals surface area contributed by atoms with E-state index in [-0.39, 0.29) is 17.4 Å². The summed E-state index contributed by atoms with van der Waals surface area (Å²) in [6.45, 7) is 6.43. The maximum Gasteiger partial charge on any atom is 0.328 e. The number of ether oxygens (including phenoxy) is 1. The fourth-order valence-electron chi connectivity index (χ4n) is 1.72. The molecule has 6 nitrogen and oxygen atoms in total. The van der Waals surface area contributed by atoms with Crippen molar-refractivity contribution in [2.75, 3.05) is 7.11 Å². The van der Waals surface area contributed by atoms with Crippen LogP contribution in [0.25, 0.3) is 0 Å². The van der Waals surface area contributed by atoms with E-state index in [2.05, 4.69) is 15.2 Å². The Balaban J connectivity index is 2.82. The first kappa shape index (κ1) is 17.1. The number of esters is 1. The minimum atomic E-state index is -1.73. The zero-order valence-electron chi connectivity index (χ0n) is 12.9. The second-order valence-electron chi connectivity index (χ2n) is 5.73. The first-order valence-corrected chi connectivity index (χ1v) is 6.70. The van der Waals surface area contributed by atoms with E-state index in [9.17, 15) is 14.0 Å². The van der Waals surface area contributed by atoms with Gasteiger partial charge in [0.05, 0.1) is 7.11 Å². The molecule has 21 heavy (non-hydrogen) atoms. The molecule has 1 amide bonds. The summed E-state index contributed by atoms with van der Waals surface area (Å²) in [5.41, 5.74) is -1.81. The number of rotatable bonds is 6. The molecule has 1 aromatic rings. The molecule has 0 spiro atoms. The summed E-state index contributed by atoms with van der Waals surface area (Å²) in [6, 6.07) is 0.444. The lowest BCUT2D eigenvalue weighted by atomic mass is 10.0. The van der Waals surface area contributed by atoms with Crippen molar-refractivity contribution < 1.29 is 23.2 Å². The fourth-order valence-corrected chi connectivity index (χ4v) is 1.72. The van der Waals surface area contributed by atoms with E-state index in [0.717, 1.165) is 0 Å². The van der Waals surface area contributed by atoms with Gasteiger partial charge in [-0.05, 0) is 26.2 Å². The zero-order chi connectivity index (χ0) is 16.2. The van der Waals surface area contributed by atoms with Crippen LogP contribution in [0.15, 0.2) is 10.6 Å². The lowest BCUT2D eigenvalue weighted by Gasteiger charge is -2.17. The number of alkyl halides is 1. The second kappa shape index (κ2) is 6.69. The van der Waals surface area contributed by atoms with Gasteiger partial charge in [-0.25, -0.2) is 9.18 Å². The molecule has 0 aliphatic rings. The lowest BCUT2D eigenvalue weighted by molar-refractivity contribution is -0.143. The van der Waals surface area contributed by atoms with Gasteiger partial charge in [-0.3, -0.25) is 4.79 Å². The molecule has 0 radical (unpaired) electrons. The fraction of sp³-hybridized carbons (Fsp3) is 0.643. The number of nitrogens with one attached hydrogen (secondary N) is 1. The average Bonchev–Trinajstić information content (AvgIpc) is 2.85. The van der Waals surface area contributed by atoms with E-state index < -0.39 is 23.6 Å². The Labute approximate surface area is 123 Å². The van der Waals surface area contributed by atoms with E-state index in [1.165, 1.54) is 27.0 Å². The maximum atomic E-state index is 13.7. The Morgan fingerprint density at radius 1 is 1.48 bits per heavy atom. The zero-order valence-corrected chi connectivity index (χ0v) is 12.9. The van der Waals surface area contributed by atoms with E-state index >= 15 is 0 Å². The van der Waals surface area contributed by atoms with Crippen LogP contribution < -0.4 is 5.32 Å². The van der Waals surface area contributed by atoms with Crippen molar-refractivity contribution in [1.82, 2.24) is 10.5 Å². The molecule has 0 saturated heterocycles. The minimum absolute atomic E-state index is 0.0499. The van der Waals surface area contributed by atoms with Crippen molar-refractivity contribution in [3.8, 4) is 0 Å². The van der Waals surface area contributed by atoms with Crippen LogP contribution >= 0.6 is 0 Å². The third-order valence-electron chi connectivity index (χ3n) is 2.83. The van der Waals surface area contributed by atoms with Gasteiger partial charge in [0, 0.05) is 6.07 Å². The van der Waals surface area contributed by atoms with Gasteiger partial charge in [0.1, 0.15) is 6.04 Å². The second-order valence-corrected chi connectivity index (χ2v) is 5.73. The number of hydrogen-bond donors (Lipinski definition) is 1. The Morgan fingerprint density at radius 2 is 2.10 bits per heavy atom.